The van der Waals surface area contributed by atoms with Crippen LogP contribution in [0.4, 0.5) is 0 Å². The van der Waals surface area contributed by atoms with E-state index in [0.29, 0.717) is 51.7 Å². The first-order valence-electron chi connectivity index (χ1n) is 14.3. The van der Waals surface area contributed by atoms with Gasteiger partial charge in [0.1, 0.15) is 23.9 Å². The fourth-order valence-electron chi connectivity index (χ4n) is 4.94. The smallest absolute Gasteiger partial charge is 0.203 e. The number of fused-ring (bicyclic) bond motifs is 1. The molecule has 0 amide bonds. The first kappa shape index (κ1) is 30.6. The second-order valence-electron chi connectivity index (χ2n) is 9.91. The summed E-state index contributed by atoms with van der Waals surface area (Å²) in [7, 11) is 7.90. The molecule has 0 fully saturated rings. The molecule has 0 spiro atoms. The van der Waals surface area contributed by atoms with Crippen molar-refractivity contribution in [3.63, 3.8) is 0 Å². The summed E-state index contributed by atoms with van der Waals surface area (Å²) in [4.78, 5) is 4.74. The Bertz CT molecular complexity index is 1910. The number of ether oxygens (including phenoxy) is 7. The van der Waals surface area contributed by atoms with Crippen LogP contribution in [0.1, 0.15) is 0 Å². The lowest BCUT2D eigenvalue weighted by Gasteiger charge is -2.14. The minimum Gasteiger partial charge on any atom is -0.493 e. The number of para-hydroxylation sites is 1. The summed E-state index contributed by atoms with van der Waals surface area (Å²) in [5, 5.41) is 5.19. The zero-order valence-corrected chi connectivity index (χ0v) is 26.8. The third-order valence-corrected chi connectivity index (χ3v) is 8.31. The molecule has 0 aliphatic rings. The minimum absolute atomic E-state index is 0.260. The van der Waals surface area contributed by atoms with E-state index in [-0.39, 0.29) is 13.2 Å². The van der Waals surface area contributed by atoms with Crippen LogP contribution in [0.3, 0.4) is 0 Å². The van der Waals surface area contributed by atoms with E-state index in [9.17, 15) is 0 Å². The average molecular weight is 641 g/mol. The lowest BCUT2D eigenvalue weighted by molar-refractivity contribution is 0.206. The Hall–Kier alpha value is -5.42. The highest BCUT2D eigenvalue weighted by atomic mass is 32.1. The van der Waals surface area contributed by atoms with Crippen molar-refractivity contribution in [1.29, 1.82) is 0 Å². The maximum absolute atomic E-state index is 6.08. The molecule has 0 radical (unpaired) electrons. The third-order valence-electron chi connectivity index (χ3n) is 7.22. The van der Waals surface area contributed by atoms with Crippen molar-refractivity contribution in [1.82, 2.24) is 10.1 Å². The van der Waals surface area contributed by atoms with Crippen LogP contribution < -0.4 is 33.2 Å². The molecule has 0 N–H and O–H groups in total. The highest BCUT2D eigenvalue weighted by molar-refractivity contribution is 7.21. The highest BCUT2D eigenvalue weighted by Crippen LogP contribution is 2.42. The number of benzene rings is 4. The van der Waals surface area contributed by atoms with Gasteiger partial charge in [-0.3, -0.25) is 0 Å². The van der Waals surface area contributed by atoms with Gasteiger partial charge in [0.25, 0.3) is 0 Å². The van der Waals surface area contributed by atoms with Crippen LogP contribution >= 0.6 is 11.3 Å². The Balaban J connectivity index is 1.14. The van der Waals surface area contributed by atoms with Gasteiger partial charge in [-0.2, -0.15) is 0 Å². The molecular formula is C35H32N2O8S. The molecule has 6 aromatic rings. The first-order valence-corrected chi connectivity index (χ1v) is 15.1. The van der Waals surface area contributed by atoms with E-state index in [2.05, 4.69) is 11.2 Å². The van der Waals surface area contributed by atoms with Crippen LogP contribution in [-0.2, 0) is 0 Å². The maximum Gasteiger partial charge on any atom is 0.203 e. The van der Waals surface area contributed by atoms with Gasteiger partial charge in [0.2, 0.25) is 5.75 Å². The van der Waals surface area contributed by atoms with Gasteiger partial charge in [-0.05, 0) is 60.7 Å². The van der Waals surface area contributed by atoms with Gasteiger partial charge in [-0.25, -0.2) is 4.98 Å². The van der Waals surface area contributed by atoms with Crippen LogP contribution in [0.2, 0.25) is 0 Å². The highest BCUT2D eigenvalue weighted by Gasteiger charge is 2.18. The predicted octanol–water partition coefficient (Wildman–Crippen LogP) is 7.79. The minimum atomic E-state index is 0.260. The summed E-state index contributed by atoms with van der Waals surface area (Å²) in [6.07, 6.45) is 0. The van der Waals surface area contributed by atoms with Crippen molar-refractivity contribution in [2.24, 2.45) is 0 Å². The van der Waals surface area contributed by atoms with Crippen LogP contribution in [-0.4, -0.2) is 58.9 Å². The maximum atomic E-state index is 6.08. The molecule has 0 saturated heterocycles. The lowest BCUT2D eigenvalue weighted by atomic mass is 10.1. The normalized spacial score (nSPS) is 10.9. The molecule has 6 rings (SSSR count). The Morgan fingerprint density at radius 2 is 1.22 bits per heavy atom. The van der Waals surface area contributed by atoms with Crippen molar-refractivity contribution in [3.8, 4) is 73.4 Å². The Labute approximate surface area is 270 Å². The second-order valence-corrected chi connectivity index (χ2v) is 10.9. The average Bonchev–Trinajstić information content (AvgIpc) is 3.78. The van der Waals surface area contributed by atoms with E-state index in [1.54, 1.807) is 46.9 Å². The molecule has 0 atom stereocenters. The number of aromatic nitrogens is 2. The number of thiazole rings is 1. The van der Waals surface area contributed by atoms with Gasteiger partial charge in [0, 0.05) is 22.8 Å². The summed E-state index contributed by atoms with van der Waals surface area (Å²) in [6.45, 7) is 0.535. The van der Waals surface area contributed by atoms with Crippen molar-refractivity contribution >= 4 is 21.6 Å². The zero-order chi connectivity index (χ0) is 32.0. The molecule has 0 aliphatic heterocycles. The van der Waals surface area contributed by atoms with Gasteiger partial charge in [0.05, 0.1) is 45.8 Å². The van der Waals surface area contributed by atoms with Crippen LogP contribution in [0.5, 0.6) is 40.2 Å². The van der Waals surface area contributed by atoms with E-state index in [0.717, 1.165) is 31.9 Å². The molecule has 10 nitrogen and oxygen atoms in total. The number of hydrogen-bond acceptors (Lipinski definition) is 11. The number of methoxy groups -OCH3 is 5. The summed E-state index contributed by atoms with van der Waals surface area (Å²) < 4.78 is 46.5. The van der Waals surface area contributed by atoms with Crippen LogP contribution in [0.15, 0.2) is 83.4 Å². The van der Waals surface area contributed by atoms with Gasteiger partial charge in [-0.1, -0.05) is 17.3 Å². The van der Waals surface area contributed by atoms with E-state index >= 15 is 0 Å². The molecule has 236 valence electrons. The molecule has 46 heavy (non-hydrogen) atoms. The summed E-state index contributed by atoms with van der Waals surface area (Å²) >= 11 is 1.64. The molecule has 11 heteroatoms. The molecular weight excluding hydrogens is 608 g/mol. The SMILES string of the molecule is COc1cc(-c2nc3ccccc3s2)ccc1OCCOc1cc(-c2cc(-c3cc(OC)c(OC)c(OC)c3)no2)ccc1OC. The quantitative estimate of drug-likeness (QED) is 0.116. The fraction of sp³-hybridized carbons (Fsp3) is 0.200. The topological polar surface area (TPSA) is 104 Å². The van der Waals surface area contributed by atoms with Crippen molar-refractivity contribution in [3.05, 3.63) is 78.9 Å². The standard InChI is InChI=1S/C35H32N2O8S/c1-38-26-12-10-21(28-20-25(37-45-28)23-18-31(40-3)34(42-5)32(19-23)41-4)16-30(26)44-15-14-43-27-13-11-22(17-29(27)39-2)35-36-24-8-6-7-9-33(24)46-35/h6-13,16-20H,14-15H2,1-5H3. The predicted molar refractivity (Wildman–Crippen MR) is 176 cm³/mol. The van der Waals surface area contributed by atoms with Crippen LogP contribution in [0, 0.1) is 0 Å². The monoisotopic (exact) mass is 640 g/mol. The van der Waals surface area contributed by atoms with Crippen molar-refractivity contribution < 1.29 is 37.7 Å². The largest absolute Gasteiger partial charge is 0.493 e. The fourth-order valence-corrected chi connectivity index (χ4v) is 5.90. The summed E-state index contributed by atoms with van der Waals surface area (Å²) in [5.74, 6) is 4.42. The Kier molecular flexibility index (Phi) is 9.11. The Morgan fingerprint density at radius 3 is 1.91 bits per heavy atom. The molecule has 0 bridgehead atoms. The molecule has 4 aromatic carbocycles. The van der Waals surface area contributed by atoms with E-state index < -0.39 is 0 Å². The number of nitrogens with zero attached hydrogens (tertiary/aromatic N) is 2. The van der Waals surface area contributed by atoms with E-state index in [4.69, 9.17) is 42.7 Å². The van der Waals surface area contributed by atoms with Gasteiger partial charge in [0.15, 0.2) is 40.3 Å². The molecule has 2 heterocycles. The zero-order valence-electron chi connectivity index (χ0n) is 26.0. The third kappa shape index (κ3) is 6.22. The van der Waals surface area contributed by atoms with Gasteiger partial charge >= 0.3 is 0 Å². The van der Waals surface area contributed by atoms with Gasteiger partial charge in [-0.15, -0.1) is 11.3 Å². The van der Waals surface area contributed by atoms with Crippen molar-refractivity contribution in [2.75, 3.05) is 48.8 Å². The van der Waals surface area contributed by atoms with Crippen LogP contribution in [0.25, 0.3) is 43.4 Å². The van der Waals surface area contributed by atoms with Crippen molar-refractivity contribution in [2.45, 2.75) is 0 Å². The second kappa shape index (κ2) is 13.7. The van der Waals surface area contributed by atoms with Gasteiger partial charge < -0.3 is 37.7 Å². The number of rotatable bonds is 13. The summed E-state index contributed by atoms with van der Waals surface area (Å²) in [5.41, 5.74) is 4.04. The number of hydrogen-bond donors (Lipinski definition) is 0. The molecule has 0 unspecified atom stereocenters. The van der Waals surface area contributed by atoms with E-state index in [1.165, 1.54) is 0 Å². The lowest BCUT2D eigenvalue weighted by Crippen LogP contribution is -2.10. The first-order chi connectivity index (χ1) is 22.5. The molecule has 2 aromatic heterocycles. The Morgan fingerprint density at radius 1 is 0.587 bits per heavy atom. The van der Waals surface area contributed by atoms with E-state index in [1.807, 2.05) is 72.8 Å². The summed E-state index contributed by atoms with van der Waals surface area (Å²) in [6, 6.07) is 24.9. The molecule has 0 aliphatic carbocycles. The molecule has 0 saturated carbocycles.